The average Bonchev–Trinajstić information content (AvgIpc) is 3.22. The van der Waals surface area contributed by atoms with Crippen LogP contribution in [0.1, 0.15) is 45.4 Å². The number of ether oxygens (including phenoxy) is 1. The van der Waals surface area contributed by atoms with Crippen molar-refractivity contribution in [3.8, 4) is 0 Å². The summed E-state index contributed by atoms with van der Waals surface area (Å²) in [6.45, 7) is 2.27. The van der Waals surface area contributed by atoms with Crippen LogP contribution in [0.25, 0.3) is 0 Å². The van der Waals surface area contributed by atoms with Crippen molar-refractivity contribution in [3.63, 3.8) is 0 Å². The second-order valence-corrected chi connectivity index (χ2v) is 7.13. The van der Waals surface area contributed by atoms with E-state index in [1.807, 2.05) is 6.08 Å². The highest BCUT2D eigenvalue weighted by Gasteiger charge is 2.47. The molecule has 0 saturated carbocycles. The van der Waals surface area contributed by atoms with Crippen LogP contribution in [-0.4, -0.2) is 48.2 Å². The minimum Gasteiger partial charge on any atom is -0.481 e. The average molecular weight is 378 g/mol. The number of unbranched alkanes of at least 4 members (excludes halogenated alkanes) is 1. The smallest absolute Gasteiger partial charge is 0.303 e. The van der Waals surface area contributed by atoms with Crippen LogP contribution >= 0.6 is 0 Å². The van der Waals surface area contributed by atoms with Gasteiger partial charge >= 0.3 is 5.97 Å². The van der Waals surface area contributed by atoms with Crippen LogP contribution in [0.3, 0.4) is 0 Å². The van der Waals surface area contributed by atoms with Gasteiger partial charge in [-0.3, -0.25) is 14.4 Å². The number of aliphatic carboxylic acids is 1. The molecular formula is C20H30N2O5. The van der Waals surface area contributed by atoms with Crippen molar-refractivity contribution in [2.24, 2.45) is 11.8 Å². The van der Waals surface area contributed by atoms with E-state index in [9.17, 15) is 14.4 Å². The number of carbonyl (C=O) groups is 3. The van der Waals surface area contributed by atoms with Gasteiger partial charge in [-0.1, -0.05) is 18.2 Å². The molecule has 3 N–H and O–H groups in total. The number of hydrogen-bond donors (Lipinski definition) is 3. The third-order valence-corrected chi connectivity index (χ3v) is 5.20. The van der Waals surface area contributed by atoms with Crippen LogP contribution < -0.4 is 10.6 Å². The fraction of sp³-hybridized carbons (Fsp3) is 0.650. The van der Waals surface area contributed by atoms with Gasteiger partial charge in [0.1, 0.15) is 0 Å². The second kappa shape index (κ2) is 10.9. The molecule has 2 heterocycles. The maximum absolute atomic E-state index is 12.0. The molecule has 0 aromatic rings. The first-order valence-corrected chi connectivity index (χ1v) is 9.70. The number of nitrogens with one attached hydrogen (secondary N) is 2. The molecule has 2 amide bonds. The molecular weight excluding hydrogens is 348 g/mol. The maximum Gasteiger partial charge on any atom is 0.303 e. The van der Waals surface area contributed by atoms with Crippen molar-refractivity contribution < 1.29 is 24.2 Å². The van der Waals surface area contributed by atoms with E-state index in [1.54, 1.807) is 13.0 Å². The van der Waals surface area contributed by atoms with Crippen LogP contribution in [0.5, 0.6) is 0 Å². The summed E-state index contributed by atoms with van der Waals surface area (Å²) in [4.78, 5) is 33.8. The van der Waals surface area contributed by atoms with Crippen molar-refractivity contribution in [1.82, 2.24) is 10.6 Å². The Morgan fingerprint density at radius 1 is 1.11 bits per heavy atom. The van der Waals surface area contributed by atoms with E-state index >= 15 is 0 Å². The molecule has 0 aromatic carbocycles. The highest BCUT2D eigenvalue weighted by molar-refractivity contribution is 5.91. The topological polar surface area (TPSA) is 105 Å². The quantitative estimate of drug-likeness (QED) is 0.289. The highest BCUT2D eigenvalue weighted by Crippen LogP contribution is 2.44. The van der Waals surface area contributed by atoms with E-state index in [0.717, 1.165) is 25.7 Å². The molecule has 2 saturated heterocycles. The number of allylic oxidation sites excluding steroid dienone is 3. The molecule has 0 unspecified atom stereocenters. The second-order valence-electron chi connectivity index (χ2n) is 7.13. The lowest BCUT2D eigenvalue weighted by Crippen LogP contribution is -2.42. The highest BCUT2D eigenvalue weighted by atomic mass is 16.5. The first kappa shape index (κ1) is 21.2. The maximum atomic E-state index is 12.0. The number of carbonyl (C=O) groups excluding carboxylic acids is 2. The zero-order valence-electron chi connectivity index (χ0n) is 15.9. The molecule has 0 aliphatic carbocycles. The third kappa shape index (κ3) is 6.82. The van der Waals surface area contributed by atoms with E-state index in [4.69, 9.17) is 9.84 Å². The first-order valence-electron chi connectivity index (χ1n) is 9.70. The number of amides is 2. The molecule has 2 fully saturated rings. The third-order valence-electron chi connectivity index (χ3n) is 5.20. The van der Waals surface area contributed by atoms with Crippen molar-refractivity contribution in [1.29, 1.82) is 0 Å². The van der Waals surface area contributed by atoms with E-state index in [2.05, 4.69) is 16.7 Å². The Balaban J connectivity index is 1.73. The van der Waals surface area contributed by atoms with Gasteiger partial charge < -0.3 is 20.5 Å². The normalized spacial score (nSPS) is 26.7. The first-order chi connectivity index (χ1) is 13.0. The van der Waals surface area contributed by atoms with E-state index < -0.39 is 5.97 Å². The summed E-state index contributed by atoms with van der Waals surface area (Å²) in [6, 6.07) is 0. The molecule has 27 heavy (non-hydrogen) atoms. The molecule has 2 bridgehead atoms. The molecule has 4 atom stereocenters. The Morgan fingerprint density at radius 3 is 2.56 bits per heavy atom. The zero-order chi connectivity index (χ0) is 19.6. The summed E-state index contributed by atoms with van der Waals surface area (Å²) in [5.74, 6) is -0.581. The van der Waals surface area contributed by atoms with Gasteiger partial charge in [0.2, 0.25) is 11.8 Å². The van der Waals surface area contributed by atoms with Crippen molar-refractivity contribution in [2.45, 2.75) is 57.7 Å². The van der Waals surface area contributed by atoms with E-state index in [0.29, 0.717) is 18.9 Å². The predicted octanol–water partition coefficient (Wildman–Crippen LogP) is 1.79. The van der Waals surface area contributed by atoms with Crippen LogP contribution in [0.4, 0.5) is 0 Å². The lowest BCUT2D eigenvalue weighted by Gasteiger charge is -2.27. The molecule has 150 valence electrons. The molecule has 2 rings (SSSR count). The van der Waals surface area contributed by atoms with Gasteiger partial charge in [0.25, 0.3) is 0 Å². The largest absolute Gasteiger partial charge is 0.481 e. The number of fused-ring (bicyclic) bond motifs is 2. The summed E-state index contributed by atoms with van der Waals surface area (Å²) < 4.78 is 6.03. The molecule has 0 radical (unpaired) electrons. The molecule has 7 nitrogen and oxygen atoms in total. The minimum absolute atomic E-state index is 0.0288. The Bertz CT molecular complexity index is 587. The fourth-order valence-corrected chi connectivity index (χ4v) is 3.89. The van der Waals surface area contributed by atoms with Gasteiger partial charge in [0.05, 0.1) is 18.8 Å². The summed E-state index contributed by atoms with van der Waals surface area (Å²) in [5, 5.41) is 14.1. The summed E-state index contributed by atoms with van der Waals surface area (Å²) in [6.07, 6.45) is 12.2. The van der Waals surface area contributed by atoms with E-state index in [1.165, 1.54) is 6.08 Å². The number of carboxylic acids is 1. The van der Waals surface area contributed by atoms with Crippen LogP contribution in [-0.2, 0) is 19.1 Å². The summed E-state index contributed by atoms with van der Waals surface area (Å²) >= 11 is 0. The van der Waals surface area contributed by atoms with Gasteiger partial charge in [-0.25, -0.2) is 0 Å². The molecule has 7 heteroatoms. The summed E-state index contributed by atoms with van der Waals surface area (Å²) in [7, 11) is 0. The number of hydrogen-bond acceptors (Lipinski definition) is 4. The Morgan fingerprint density at radius 2 is 1.85 bits per heavy atom. The standard InChI is InChI=1S/C20H30N2O5/c1-2-7-18(23)22-13-19(24)21-12-15-14(16-10-11-17(15)27-16)8-5-3-4-6-9-20(25)26/h2-3,5,7,14-17H,4,6,8-13H2,1H3,(H,21,24)(H,22,23)(H,25,26)/t14-,15+,16-,17+/m1/s1. The van der Waals surface area contributed by atoms with Crippen molar-refractivity contribution in [3.05, 3.63) is 24.3 Å². The fourth-order valence-electron chi connectivity index (χ4n) is 3.89. The van der Waals surface area contributed by atoms with Gasteiger partial charge in [-0.2, -0.15) is 0 Å². The van der Waals surface area contributed by atoms with E-state index in [-0.39, 0.29) is 42.9 Å². The SMILES string of the molecule is CC=CC(=O)NCC(=O)NC[C@H]1[C@@H](CC=CCCCC(=O)O)[C@H]2CC[C@@H]1O2. The van der Waals surface area contributed by atoms with Crippen molar-refractivity contribution in [2.75, 3.05) is 13.1 Å². The predicted molar refractivity (Wildman–Crippen MR) is 101 cm³/mol. The Kier molecular flexibility index (Phi) is 8.51. The molecule has 0 aromatic heterocycles. The minimum atomic E-state index is -0.761. The lowest BCUT2D eigenvalue weighted by atomic mass is 9.77. The van der Waals surface area contributed by atoms with Gasteiger partial charge in [0.15, 0.2) is 0 Å². The lowest BCUT2D eigenvalue weighted by molar-refractivity contribution is -0.137. The van der Waals surface area contributed by atoms with Crippen LogP contribution in [0, 0.1) is 11.8 Å². The Hall–Kier alpha value is -2.15. The molecule has 2 aliphatic rings. The van der Waals surface area contributed by atoms with Crippen molar-refractivity contribution >= 4 is 17.8 Å². The zero-order valence-corrected chi connectivity index (χ0v) is 15.9. The molecule has 0 spiro atoms. The van der Waals surface area contributed by atoms with Crippen LogP contribution in [0.15, 0.2) is 24.3 Å². The number of rotatable bonds is 11. The Labute approximate surface area is 160 Å². The van der Waals surface area contributed by atoms with Crippen LogP contribution in [0.2, 0.25) is 0 Å². The number of carboxylic acid groups (broad SMARTS) is 1. The monoisotopic (exact) mass is 378 g/mol. The van der Waals surface area contributed by atoms with Gasteiger partial charge in [-0.15, -0.1) is 0 Å². The van der Waals surface area contributed by atoms with Gasteiger partial charge in [-0.05, 0) is 51.0 Å². The van der Waals surface area contributed by atoms with Gasteiger partial charge in [0, 0.05) is 18.9 Å². The summed E-state index contributed by atoms with van der Waals surface area (Å²) in [5.41, 5.74) is 0. The molecule has 2 aliphatic heterocycles.